The lowest BCUT2D eigenvalue weighted by atomic mass is 10.1. The number of carbonyl (C=O) groups excluding carboxylic acids is 1. The monoisotopic (exact) mass is 332 g/mol. The number of ether oxygens (including phenoxy) is 1. The van der Waals surface area contributed by atoms with E-state index >= 15 is 0 Å². The summed E-state index contributed by atoms with van der Waals surface area (Å²) >= 11 is 0. The van der Waals surface area contributed by atoms with E-state index in [9.17, 15) is 14.4 Å². The van der Waals surface area contributed by atoms with Crippen LogP contribution in [0.25, 0.3) is 11.0 Å². The van der Waals surface area contributed by atoms with Gasteiger partial charge in [-0.1, -0.05) is 6.92 Å². The van der Waals surface area contributed by atoms with Gasteiger partial charge in [-0.05, 0) is 19.4 Å². The van der Waals surface area contributed by atoms with Gasteiger partial charge in [0, 0.05) is 25.8 Å². The van der Waals surface area contributed by atoms with Crippen molar-refractivity contribution < 1.29 is 9.53 Å². The molecule has 1 fully saturated rings. The average molecular weight is 332 g/mol. The van der Waals surface area contributed by atoms with E-state index in [2.05, 4.69) is 9.97 Å². The minimum absolute atomic E-state index is 0.0322. The molecule has 8 nitrogen and oxygen atoms in total. The molecule has 8 heteroatoms. The molecule has 1 aliphatic heterocycles. The number of morpholine rings is 1. The Kier molecular flexibility index (Phi) is 4.48. The third kappa shape index (κ3) is 2.84. The third-order valence-corrected chi connectivity index (χ3v) is 4.28. The molecule has 1 aliphatic rings. The van der Waals surface area contributed by atoms with Crippen molar-refractivity contribution in [1.82, 2.24) is 19.4 Å². The Bertz CT molecular complexity index is 886. The molecule has 0 bridgehead atoms. The van der Waals surface area contributed by atoms with Crippen molar-refractivity contribution in [3.63, 3.8) is 0 Å². The summed E-state index contributed by atoms with van der Waals surface area (Å²) in [6, 6.07) is 1.51. The number of aryl methyl sites for hydroxylation is 1. The summed E-state index contributed by atoms with van der Waals surface area (Å²) in [4.78, 5) is 44.7. The van der Waals surface area contributed by atoms with Crippen LogP contribution in [0.2, 0.25) is 0 Å². The predicted molar refractivity (Wildman–Crippen MR) is 88.2 cm³/mol. The van der Waals surface area contributed by atoms with E-state index in [4.69, 9.17) is 4.74 Å². The zero-order chi connectivity index (χ0) is 17.3. The van der Waals surface area contributed by atoms with Gasteiger partial charge in [0.25, 0.3) is 11.5 Å². The predicted octanol–water partition coefficient (Wildman–Crippen LogP) is 0.356. The summed E-state index contributed by atoms with van der Waals surface area (Å²) in [7, 11) is 0. The molecule has 0 aromatic carbocycles. The van der Waals surface area contributed by atoms with Crippen molar-refractivity contribution in [1.29, 1.82) is 0 Å². The molecule has 0 saturated carbocycles. The average Bonchev–Trinajstić information content (AvgIpc) is 2.61. The van der Waals surface area contributed by atoms with Crippen LogP contribution in [0.15, 0.2) is 21.9 Å². The Morgan fingerprint density at radius 3 is 2.92 bits per heavy atom. The first-order valence-electron chi connectivity index (χ1n) is 8.08. The number of aromatic nitrogens is 3. The molecule has 3 heterocycles. The molecule has 1 N–H and O–H groups in total. The lowest BCUT2D eigenvalue weighted by Gasteiger charge is -2.32. The van der Waals surface area contributed by atoms with Crippen molar-refractivity contribution in [3.05, 3.63) is 38.7 Å². The van der Waals surface area contributed by atoms with Crippen molar-refractivity contribution >= 4 is 16.9 Å². The SMILES string of the molecule is CC[C@H]1CN(C(=O)c2cnc3c(c2)c(=O)[nH]c(=O)n3CC)CCO1. The quantitative estimate of drug-likeness (QED) is 0.875. The fourth-order valence-corrected chi connectivity index (χ4v) is 2.91. The Balaban J connectivity index is 2.00. The van der Waals surface area contributed by atoms with E-state index in [0.717, 1.165) is 6.42 Å². The maximum absolute atomic E-state index is 12.7. The summed E-state index contributed by atoms with van der Waals surface area (Å²) in [5, 5.41) is 0.239. The number of rotatable bonds is 3. The van der Waals surface area contributed by atoms with Crippen molar-refractivity contribution in [2.24, 2.45) is 0 Å². The van der Waals surface area contributed by atoms with E-state index in [0.29, 0.717) is 31.8 Å². The highest BCUT2D eigenvalue weighted by atomic mass is 16.5. The van der Waals surface area contributed by atoms with Gasteiger partial charge in [-0.2, -0.15) is 0 Å². The number of fused-ring (bicyclic) bond motifs is 1. The maximum Gasteiger partial charge on any atom is 0.329 e. The van der Waals surface area contributed by atoms with Crippen LogP contribution >= 0.6 is 0 Å². The van der Waals surface area contributed by atoms with Gasteiger partial charge in [0.05, 0.1) is 23.7 Å². The molecule has 128 valence electrons. The van der Waals surface area contributed by atoms with Crippen LogP contribution in [0.3, 0.4) is 0 Å². The molecule has 2 aromatic rings. The summed E-state index contributed by atoms with van der Waals surface area (Å²) in [6.45, 7) is 5.73. The fourth-order valence-electron chi connectivity index (χ4n) is 2.91. The highest BCUT2D eigenvalue weighted by Gasteiger charge is 2.24. The van der Waals surface area contributed by atoms with E-state index in [1.54, 1.807) is 11.8 Å². The minimum Gasteiger partial charge on any atom is -0.375 e. The van der Waals surface area contributed by atoms with Gasteiger partial charge in [0.1, 0.15) is 5.65 Å². The molecule has 3 rings (SSSR count). The van der Waals surface area contributed by atoms with Crippen LogP contribution in [-0.4, -0.2) is 51.1 Å². The zero-order valence-corrected chi connectivity index (χ0v) is 13.7. The molecule has 0 radical (unpaired) electrons. The second-order valence-corrected chi connectivity index (χ2v) is 5.75. The second-order valence-electron chi connectivity index (χ2n) is 5.75. The fraction of sp³-hybridized carbons (Fsp3) is 0.500. The van der Waals surface area contributed by atoms with Crippen LogP contribution in [-0.2, 0) is 11.3 Å². The molecule has 1 saturated heterocycles. The van der Waals surface area contributed by atoms with Gasteiger partial charge in [-0.25, -0.2) is 9.78 Å². The molecule has 0 spiro atoms. The number of nitrogens with one attached hydrogen (secondary N) is 1. The Morgan fingerprint density at radius 2 is 2.21 bits per heavy atom. The van der Waals surface area contributed by atoms with Crippen LogP contribution in [0.1, 0.15) is 30.6 Å². The lowest BCUT2D eigenvalue weighted by Crippen LogP contribution is -2.45. The molecule has 2 aromatic heterocycles. The van der Waals surface area contributed by atoms with Crippen LogP contribution in [0, 0.1) is 0 Å². The van der Waals surface area contributed by atoms with Gasteiger partial charge in [0.15, 0.2) is 0 Å². The molecular weight excluding hydrogens is 312 g/mol. The van der Waals surface area contributed by atoms with Crippen LogP contribution in [0.4, 0.5) is 0 Å². The first-order valence-corrected chi connectivity index (χ1v) is 8.08. The number of H-pyrrole nitrogens is 1. The van der Waals surface area contributed by atoms with Crippen LogP contribution < -0.4 is 11.2 Å². The Morgan fingerprint density at radius 1 is 1.42 bits per heavy atom. The maximum atomic E-state index is 12.7. The van der Waals surface area contributed by atoms with Gasteiger partial charge in [-0.15, -0.1) is 0 Å². The molecule has 1 atom stereocenters. The number of nitrogens with zero attached hydrogens (tertiary/aromatic N) is 3. The number of carbonyl (C=O) groups is 1. The summed E-state index contributed by atoms with van der Waals surface area (Å²) < 4.78 is 6.94. The van der Waals surface area contributed by atoms with Gasteiger partial charge in [0.2, 0.25) is 0 Å². The number of hydrogen-bond acceptors (Lipinski definition) is 5. The topological polar surface area (TPSA) is 97.3 Å². The second kappa shape index (κ2) is 6.56. The lowest BCUT2D eigenvalue weighted by molar-refractivity contribution is -0.0226. The number of hydrogen-bond donors (Lipinski definition) is 1. The third-order valence-electron chi connectivity index (χ3n) is 4.28. The Labute approximate surface area is 138 Å². The summed E-state index contributed by atoms with van der Waals surface area (Å²) in [6.07, 6.45) is 2.29. The first kappa shape index (κ1) is 16.4. The first-order chi connectivity index (χ1) is 11.5. The molecule has 0 unspecified atom stereocenters. The minimum atomic E-state index is -0.532. The highest BCUT2D eigenvalue weighted by Crippen LogP contribution is 2.14. The van der Waals surface area contributed by atoms with Crippen molar-refractivity contribution in [2.45, 2.75) is 32.9 Å². The smallest absolute Gasteiger partial charge is 0.329 e. The largest absolute Gasteiger partial charge is 0.375 e. The van der Waals surface area contributed by atoms with Gasteiger partial charge in [-0.3, -0.25) is 19.1 Å². The number of pyridine rings is 1. The number of aromatic amines is 1. The van der Waals surface area contributed by atoms with Crippen molar-refractivity contribution in [3.8, 4) is 0 Å². The van der Waals surface area contributed by atoms with Crippen molar-refractivity contribution in [2.75, 3.05) is 19.7 Å². The number of amides is 1. The highest BCUT2D eigenvalue weighted by molar-refractivity contribution is 5.96. The van der Waals surface area contributed by atoms with E-state index in [-0.39, 0.29) is 23.0 Å². The normalized spacial score (nSPS) is 18.1. The molecule has 24 heavy (non-hydrogen) atoms. The Hall–Kier alpha value is -2.48. The standard InChI is InChI=1S/C16H20N4O4/c1-3-11-9-19(5-6-24-11)15(22)10-7-12-13(17-8-10)20(4-2)16(23)18-14(12)21/h7-8,11H,3-6,9H2,1-2H3,(H,18,21,23)/t11-/m0/s1. The zero-order valence-electron chi connectivity index (χ0n) is 13.7. The van der Waals surface area contributed by atoms with Gasteiger partial charge >= 0.3 is 5.69 Å². The molecule has 0 aliphatic carbocycles. The molecule has 1 amide bonds. The van der Waals surface area contributed by atoms with E-state index < -0.39 is 11.2 Å². The van der Waals surface area contributed by atoms with Gasteiger partial charge < -0.3 is 9.64 Å². The summed E-state index contributed by atoms with van der Waals surface area (Å²) in [5.74, 6) is -0.181. The molecular formula is C16H20N4O4. The van der Waals surface area contributed by atoms with E-state index in [1.165, 1.54) is 16.8 Å². The summed E-state index contributed by atoms with van der Waals surface area (Å²) in [5.41, 5.74) is -0.405. The van der Waals surface area contributed by atoms with Crippen LogP contribution in [0.5, 0.6) is 0 Å². The van der Waals surface area contributed by atoms with E-state index in [1.807, 2.05) is 6.92 Å².